The molecule has 0 radical (unpaired) electrons. The van der Waals surface area contributed by atoms with E-state index in [0.29, 0.717) is 3.79 Å². The zero-order chi connectivity index (χ0) is 9.35. The monoisotopic (exact) mass is 299 g/mol. The van der Waals surface area contributed by atoms with Crippen molar-refractivity contribution in [2.75, 3.05) is 13.1 Å². The van der Waals surface area contributed by atoms with Gasteiger partial charge >= 0.3 is 0 Å². The van der Waals surface area contributed by atoms with Gasteiger partial charge in [-0.25, -0.2) is 0 Å². The molecule has 0 aliphatic carbocycles. The van der Waals surface area contributed by atoms with Crippen molar-refractivity contribution < 1.29 is 4.79 Å². The third kappa shape index (κ3) is 2.93. The third-order valence-corrected chi connectivity index (χ3v) is 3.48. The SMILES string of the molecule is CC1(C)CC(C(=O)I)CN(P)C1. The van der Waals surface area contributed by atoms with Crippen LogP contribution in [0.25, 0.3) is 0 Å². The van der Waals surface area contributed by atoms with Crippen molar-refractivity contribution in [2.45, 2.75) is 20.3 Å². The number of nitrogens with zero attached hydrogens (tertiary/aromatic N) is 1. The van der Waals surface area contributed by atoms with Crippen LogP contribution in [-0.2, 0) is 4.79 Å². The Morgan fingerprint density at radius 1 is 1.67 bits per heavy atom. The fourth-order valence-corrected chi connectivity index (χ4v) is 3.01. The lowest BCUT2D eigenvalue weighted by molar-refractivity contribution is -0.115. The number of hydrogen-bond acceptors (Lipinski definition) is 2. The van der Waals surface area contributed by atoms with Crippen molar-refractivity contribution in [1.82, 2.24) is 4.67 Å². The second kappa shape index (κ2) is 3.89. The number of carbonyl (C=O) groups is 1. The van der Waals surface area contributed by atoms with Crippen LogP contribution in [0.5, 0.6) is 0 Å². The van der Waals surface area contributed by atoms with Gasteiger partial charge in [-0.2, -0.15) is 0 Å². The van der Waals surface area contributed by atoms with E-state index in [-0.39, 0.29) is 11.3 Å². The molecule has 2 unspecified atom stereocenters. The van der Waals surface area contributed by atoms with Gasteiger partial charge < -0.3 is 0 Å². The molecule has 0 N–H and O–H groups in total. The summed E-state index contributed by atoms with van der Waals surface area (Å²) < 4.78 is 2.47. The third-order valence-electron chi connectivity index (χ3n) is 2.21. The molecule has 1 aliphatic heterocycles. The molecule has 0 saturated carbocycles. The lowest BCUT2D eigenvalue weighted by atomic mass is 9.80. The van der Waals surface area contributed by atoms with Gasteiger partial charge in [-0.1, -0.05) is 23.2 Å². The van der Waals surface area contributed by atoms with Crippen molar-refractivity contribution in [3.05, 3.63) is 0 Å². The Morgan fingerprint density at radius 3 is 2.67 bits per heavy atom. The van der Waals surface area contributed by atoms with E-state index in [9.17, 15) is 4.79 Å². The van der Waals surface area contributed by atoms with Crippen LogP contribution in [0.2, 0.25) is 0 Å². The second-order valence-corrected chi connectivity index (χ2v) is 6.09. The van der Waals surface area contributed by atoms with Gasteiger partial charge in [0.05, 0.1) is 0 Å². The van der Waals surface area contributed by atoms with Crippen molar-refractivity contribution >= 4 is 35.8 Å². The minimum Gasteiger partial charge on any atom is -0.287 e. The number of carbonyl (C=O) groups excluding carboxylic acids is 1. The molecule has 0 amide bonds. The predicted molar refractivity (Wildman–Crippen MR) is 62.2 cm³/mol. The molecular formula is C8H15INOP. The molecule has 1 rings (SSSR count). The summed E-state index contributed by atoms with van der Waals surface area (Å²) >= 11 is 1.91. The van der Waals surface area contributed by atoms with E-state index in [2.05, 4.69) is 27.9 Å². The van der Waals surface area contributed by atoms with Gasteiger partial charge in [0.25, 0.3) is 0 Å². The van der Waals surface area contributed by atoms with Gasteiger partial charge in [0.15, 0.2) is 3.79 Å². The quantitative estimate of drug-likeness (QED) is 0.420. The Labute approximate surface area is 89.9 Å². The maximum atomic E-state index is 11.2. The van der Waals surface area contributed by atoms with Crippen LogP contribution in [0.15, 0.2) is 0 Å². The Bertz CT molecular complexity index is 195. The van der Waals surface area contributed by atoms with E-state index in [1.165, 1.54) is 0 Å². The minimum absolute atomic E-state index is 0.229. The van der Waals surface area contributed by atoms with Crippen LogP contribution < -0.4 is 0 Å². The highest BCUT2D eigenvalue weighted by Gasteiger charge is 2.33. The standard InChI is InChI=1S/C8H15INOP/c1-8(2)3-6(7(9)11)4-10(12)5-8/h6H,3-5,12H2,1-2H3. The fraction of sp³-hybridized carbons (Fsp3) is 0.875. The molecule has 1 heterocycles. The van der Waals surface area contributed by atoms with E-state index in [1.807, 2.05) is 22.6 Å². The molecule has 0 spiro atoms. The van der Waals surface area contributed by atoms with Crippen LogP contribution in [0.4, 0.5) is 0 Å². The maximum Gasteiger partial charge on any atom is 0.196 e. The number of halogens is 1. The van der Waals surface area contributed by atoms with Gasteiger partial charge in [-0.05, 0) is 34.4 Å². The topological polar surface area (TPSA) is 20.3 Å². The largest absolute Gasteiger partial charge is 0.287 e. The summed E-state index contributed by atoms with van der Waals surface area (Å²) in [7, 11) is 2.70. The highest BCUT2D eigenvalue weighted by atomic mass is 127. The lowest BCUT2D eigenvalue weighted by Gasteiger charge is -2.39. The molecule has 2 atom stereocenters. The van der Waals surface area contributed by atoms with Crippen molar-refractivity contribution in [2.24, 2.45) is 11.3 Å². The Balaban J connectivity index is 2.64. The average molecular weight is 299 g/mol. The Hall–Kier alpha value is 0.790. The summed E-state index contributed by atoms with van der Waals surface area (Å²) in [6.07, 6.45) is 1.03. The highest BCUT2D eigenvalue weighted by Crippen LogP contribution is 2.34. The molecule has 0 aromatic carbocycles. The molecule has 1 saturated heterocycles. The molecule has 0 aromatic heterocycles. The molecule has 2 nitrogen and oxygen atoms in total. The van der Waals surface area contributed by atoms with Gasteiger partial charge in [0, 0.05) is 19.0 Å². The lowest BCUT2D eigenvalue weighted by Crippen LogP contribution is -2.41. The van der Waals surface area contributed by atoms with Gasteiger partial charge in [0.1, 0.15) is 0 Å². The predicted octanol–water partition coefficient (Wildman–Crippen LogP) is 2.09. The molecule has 4 heteroatoms. The summed E-state index contributed by atoms with van der Waals surface area (Å²) in [5.74, 6) is 0.229. The maximum absolute atomic E-state index is 11.2. The van der Waals surface area contributed by atoms with Crippen LogP contribution >= 0.6 is 32.0 Å². The average Bonchev–Trinajstić information content (AvgIpc) is 1.82. The number of piperidine rings is 1. The van der Waals surface area contributed by atoms with Crippen LogP contribution in [-0.4, -0.2) is 21.5 Å². The molecule has 0 bridgehead atoms. The molecule has 0 aromatic rings. The van der Waals surface area contributed by atoms with E-state index in [1.54, 1.807) is 0 Å². The smallest absolute Gasteiger partial charge is 0.196 e. The van der Waals surface area contributed by atoms with E-state index in [4.69, 9.17) is 0 Å². The van der Waals surface area contributed by atoms with E-state index in [0.717, 1.165) is 19.5 Å². The van der Waals surface area contributed by atoms with Gasteiger partial charge in [0.2, 0.25) is 0 Å². The Morgan fingerprint density at radius 2 is 2.25 bits per heavy atom. The van der Waals surface area contributed by atoms with Crippen LogP contribution in [0.3, 0.4) is 0 Å². The fourth-order valence-electron chi connectivity index (χ4n) is 1.85. The molecular weight excluding hydrogens is 284 g/mol. The second-order valence-electron chi connectivity index (χ2n) is 4.30. The molecule has 1 fully saturated rings. The van der Waals surface area contributed by atoms with Gasteiger partial charge in [-0.15, -0.1) is 0 Å². The van der Waals surface area contributed by atoms with Crippen molar-refractivity contribution in [3.8, 4) is 0 Å². The first-order valence-electron chi connectivity index (χ1n) is 4.10. The Kier molecular flexibility index (Phi) is 3.52. The highest BCUT2D eigenvalue weighted by molar-refractivity contribution is 14.1. The number of hydrogen-bond donors (Lipinski definition) is 0. The van der Waals surface area contributed by atoms with Crippen LogP contribution in [0, 0.1) is 11.3 Å². The van der Waals surface area contributed by atoms with Crippen molar-refractivity contribution in [1.29, 1.82) is 0 Å². The van der Waals surface area contributed by atoms with Crippen LogP contribution in [0.1, 0.15) is 20.3 Å². The first-order valence-corrected chi connectivity index (χ1v) is 5.69. The first kappa shape index (κ1) is 10.9. The summed E-state index contributed by atoms with van der Waals surface area (Å²) in [6.45, 7) is 6.40. The molecule has 1 aliphatic rings. The molecule has 12 heavy (non-hydrogen) atoms. The minimum atomic E-state index is 0.229. The van der Waals surface area contributed by atoms with Gasteiger partial charge in [-0.3, -0.25) is 9.46 Å². The summed E-state index contributed by atoms with van der Waals surface area (Å²) in [5.41, 5.74) is 0.283. The van der Waals surface area contributed by atoms with E-state index < -0.39 is 0 Å². The number of rotatable bonds is 1. The normalized spacial score (nSPS) is 30.2. The van der Waals surface area contributed by atoms with Crippen molar-refractivity contribution in [3.63, 3.8) is 0 Å². The molecule has 70 valence electrons. The zero-order valence-electron chi connectivity index (χ0n) is 7.51. The summed E-state index contributed by atoms with van der Waals surface area (Å²) in [5, 5.41) is 0. The summed E-state index contributed by atoms with van der Waals surface area (Å²) in [6, 6.07) is 0. The first-order chi connectivity index (χ1) is 5.41. The zero-order valence-corrected chi connectivity index (χ0v) is 10.8. The summed E-state index contributed by atoms with van der Waals surface area (Å²) in [4.78, 5) is 11.2. The van der Waals surface area contributed by atoms with E-state index >= 15 is 0 Å².